The van der Waals surface area contributed by atoms with Crippen LogP contribution in [0.5, 0.6) is 17.2 Å². The number of benzene rings is 2. The van der Waals surface area contributed by atoms with Crippen LogP contribution in [0.3, 0.4) is 0 Å². The van der Waals surface area contributed by atoms with E-state index < -0.39 is 14.9 Å². The highest BCUT2D eigenvalue weighted by Crippen LogP contribution is 2.31. The van der Waals surface area contributed by atoms with Crippen LogP contribution in [-0.2, 0) is 10.0 Å². The van der Waals surface area contributed by atoms with Crippen LogP contribution >= 0.6 is 0 Å². The average Bonchev–Trinajstić information content (AvgIpc) is 2.79. The molecule has 0 bridgehead atoms. The normalized spacial score (nSPS) is 15.4. The first-order chi connectivity index (χ1) is 14.9. The molecule has 1 heterocycles. The van der Waals surface area contributed by atoms with Crippen molar-refractivity contribution in [3.8, 4) is 17.2 Å². The van der Waals surface area contributed by atoms with Crippen molar-refractivity contribution in [2.75, 3.05) is 53.6 Å². The number of piperazine rings is 1. The van der Waals surface area contributed by atoms with E-state index >= 15 is 0 Å². The third kappa shape index (κ3) is 5.24. The fourth-order valence-corrected chi connectivity index (χ4v) is 4.77. The number of methoxy groups -OCH3 is 2. The number of hydrogen-bond donors (Lipinski definition) is 0. The van der Waals surface area contributed by atoms with Crippen molar-refractivity contribution in [1.82, 2.24) is 9.21 Å². The SMILES string of the molecule is COc1ccc(S(=O)(=O)N2CCN(CCOc3ccccc3[N+](=O)[O-])CC2)cc1OC. The molecule has 31 heavy (non-hydrogen) atoms. The Bertz CT molecular complexity index is 1020. The summed E-state index contributed by atoms with van der Waals surface area (Å²) in [6.07, 6.45) is 0. The average molecular weight is 452 g/mol. The van der Waals surface area contributed by atoms with E-state index in [4.69, 9.17) is 14.2 Å². The van der Waals surface area contributed by atoms with Gasteiger partial charge in [0, 0.05) is 44.9 Å². The molecule has 2 aromatic carbocycles. The number of nitro groups is 1. The molecule has 1 fully saturated rings. The molecule has 0 aromatic heterocycles. The van der Waals surface area contributed by atoms with Crippen molar-refractivity contribution < 1.29 is 27.6 Å². The van der Waals surface area contributed by atoms with E-state index in [1.165, 1.54) is 36.7 Å². The van der Waals surface area contributed by atoms with Gasteiger partial charge in [-0.3, -0.25) is 15.0 Å². The zero-order valence-corrected chi connectivity index (χ0v) is 18.2. The zero-order valence-electron chi connectivity index (χ0n) is 17.4. The second-order valence-corrected chi connectivity index (χ2v) is 8.77. The van der Waals surface area contributed by atoms with Gasteiger partial charge in [-0.1, -0.05) is 12.1 Å². The molecule has 1 aliphatic heterocycles. The van der Waals surface area contributed by atoms with Gasteiger partial charge in [0.25, 0.3) is 0 Å². The fraction of sp³-hybridized carbons (Fsp3) is 0.400. The Balaban J connectivity index is 1.55. The first kappa shape index (κ1) is 22.8. The van der Waals surface area contributed by atoms with Crippen molar-refractivity contribution in [2.45, 2.75) is 4.90 Å². The molecule has 2 aromatic rings. The van der Waals surface area contributed by atoms with Gasteiger partial charge in [-0.2, -0.15) is 4.31 Å². The predicted octanol–water partition coefficient (Wildman–Crippen LogP) is 2.00. The summed E-state index contributed by atoms with van der Waals surface area (Å²) in [5.74, 6) is 1.04. The highest BCUT2D eigenvalue weighted by atomic mass is 32.2. The van der Waals surface area contributed by atoms with E-state index in [0.29, 0.717) is 44.2 Å². The predicted molar refractivity (Wildman–Crippen MR) is 113 cm³/mol. The highest BCUT2D eigenvalue weighted by Gasteiger charge is 2.29. The Morgan fingerprint density at radius 1 is 0.968 bits per heavy atom. The minimum Gasteiger partial charge on any atom is -0.493 e. The van der Waals surface area contributed by atoms with Gasteiger partial charge in [-0.25, -0.2) is 8.42 Å². The lowest BCUT2D eigenvalue weighted by molar-refractivity contribution is -0.385. The van der Waals surface area contributed by atoms with E-state index in [-0.39, 0.29) is 22.9 Å². The summed E-state index contributed by atoms with van der Waals surface area (Å²) >= 11 is 0. The van der Waals surface area contributed by atoms with E-state index in [1.807, 2.05) is 0 Å². The summed E-state index contributed by atoms with van der Waals surface area (Å²) in [4.78, 5) is 12.8. The molecule has 0 amide bonds. The summed E-state index contributed by atoms with van der Waals surface area (Å²) in [5, 5.41) is 11.0. The van der Waals surface area contributed by atoms with Gasteiger partial charge in [-0.05, 0) is 18.2 Å². The largest absolute Gasteiger partial charge is 0.493 e. The number of ether oxygens (including phenoxy) is 3. The Morgan fingerprint density at radius 2 is 1.65 bits per heavy atom. The first-order valence-corrected chi connectivity index (χ1v) is 11.1. The first-order valence-electron chi connectivity index (χ1n) is 9.67. The maximum Gasteiger partial charge on any atom is 0.310 e. The van der Waals surface area contributed by atoms with E-state index in [9.17, 15) is 18.5 Å². The molecular weight excluding hydrogens is 426 g/mol. The number of nitro benzene ring substituents is 1. The molecule has 168 valence electrons. The van der Waals surface area contributed by atoms with Crippen molar-refractivity contribution in [2.24, 2.45) is 0 Å². The zero-order chi connectivity index (χ0) is 22.4. The molecule has 3 rings (SSSR count). The molecule has 0 saturated carbocycles. The van der Waals surface area contributed by atoms with Crippen LogP contribution in [0.4, 0.5) is 5.69 Å². The molecular formula is C20H25N3O7S. The maximum atomic E-state index is 13.0. The van der Waals surface area contributed by atoms with Gasteiger partial charge in [0.2, 0.25) is 10.0 Å². The van der Waals surface area contributed by atoms with Gasteiger partial charge in [0.1, 0.15) is 6.61 Å². The van der Waals surface area contributed by atoms with Gasteiger partial charge >= 0.3 is 5.69 Å². The molecule has 0 atom stereocenters. The van der Waals surface area contributed by atoms with Crippen molar-refractivity contribution in [3.05, 3.63) is 52.6 Å². The van der Waals surface area contributed by atoms with Crippen LogP contribution in [-0.4, -0.2) is 76.1 Å². The number of para-hydroxylation sites is 2. The minimum absolute atomic E-state index is 0.0756. The van der Waals surface area contributed by atoms with Crippen molar-refractivity contribution >= 4 is 15.7 Å². The number of hydrogen-bond acceptors (Lipinski definition) is 8. The third-order valence-electron chi connectivity index (χ3n) is 5.05. The maximum absolute atomic E-state index is 13.0. The second kappa shape index (κ2) is 9.94. The Kier molecular flexibility index (Phi) is 7.31. The van der Waals surface area contributed by atoms with Crippen LogP contribution in [0.1, 0.15) is 0 Å². The molecule has 11 heteroatoms. The molecule has 10 nitrogen and oxygen atoms in total. The molecule has 1 saturated heterocycles. The minimum atomic E-state index is -3.66. The number of sulfonamides is 1. The van der Waals surface area contributed by atoms with Crippen LogP contribution in [0, 0.1) is 10.1 Å². The van der Waals surface area contributed by atoms with Gasteiger partial charge < -0.3 is 14.2 Å². The van der Waals surface area contributed by atoms with E-state index in [2.05, 4.69) is 4.90 Å². The molecule has 0 N–H and O–H groups in total. The van der Waals surface area contributed by atoms with Gasteiger partial charge in [0.05, 0.1) is 24.0 Å². The summed E-state index contributed by atoms with van der Waals surface area (Å²) in [5.41, 5.74) is -0.0756. The number of rotatable bonds is 9. The van der Waals surface area contributed by atoms with E-state index in [1.54, 1.807) is 24.3 Å². The van der Waals surface area contributed by atoms with Crippen LogP contribution in [0.15, 0.2) is 47.4 Å². The summed E-state index contributed by atoms with van der Waals surface area (Å²) in [6, 6.07) is 10.8. The standard InChI is InChI=1S/C20H25N3O7S/c1-28-19-8-7-16(15-20(19)29-2)31(26,27)22-11-9-21(10-12-22)13-14-30-18-6-4-3-5-17(18)23(24)25/h3-8,15H,9-14H2,1-2H3. The lowest BCUT2D eigenvalue weighted by atomic mass is 10.3. The molecule has 1 aliphatic rings. The van der Waals surface area contributed by atoms with Gasteiger partial charge in [0.15, 0.2) is 17.2 Å². The van der Waals surface area contributed by atoms with Crippen molar-refractivity contribution in [3.63, 3.8) is 0 Å². The Hall–Kier alpha value is -2.89. The van der Waals surface area contributed by atoms with E-state index in [0.717, 1.165) is 0 Å². The quantitative estimate of drug-likeness (QED) is 0.420. The van der Waals surface area contributed by atoms with Crippen LogP contribution in [0.2, 0.25) is 0 Å². The summed E-state index contributed by atoms with van der Waals surface area (Å²) in [7, 11) is -0.708. The molecule has 0 spiro atoms. The number of nitrogens with zero attached hydrogens (tertiary/aromatic N) is 3. The third-order valence-corrected chi connectivity index (χ3v) is 6.95. The lowest BCUT2D eigenvalue weighted by Crippen LogP contribution is -2.49. The fourth-order valence-electron chi connectivity index (χ4n) is 3.33. The smallest absolute Gasteiger partial charge is 0.310 e. The molecule has 0 unspecified atom stereocenters. The highest BCUT2D eigenvalue weighted by molar-refractivity contribution is 7.89. The van der Waals surface area contributed by atoms with Crippen molar-refractivity contribution in [1.29, 1.82) is 0 Å². The Morgan fingerprint density at radius 3 is 2.29 bits per heavy atom. The molecule has 0 radical (unpaired) electrons. The monoisotopic (exact) mass is 451 g/mol. The summed E-state index contributed by atoms with van der Waals surface area (Å²) < 4.78 is 43.4. The Labute approximate surface area is 181 Å². The molecule has 0 aliphatic carbocycles. The topological polar surface area (TPSA) is 111 Å². The van der Waals surface area contributed by atoms with Crippen LogP contribution in [0.25, 0.3) is 0 Å². The lowest BCUT2D eigenvalue weighted by Gasteiger charge is -2.33. The second-order valence-electron chi connectivity index (χ2n) is 6.84. The van der Waals surface area contributed by atoms with Crippen LogP contribution < -0.4 is 14.2 Å². The van der Waals surface area contributed by atoms with Gasteiger partial charge in [-0.15, -0.1) is 0 Å². The summed E-state index contributed by atoms with van der Waals surface area (Å²) in [6.45, 7) is 2.55.